The van der Waals surface area contributed by atoms with Gasteiger partial charge in [-0.2, -0.15) is 0 Å². The van der Waals surface area contributed by atoms with Crippen LogP contribution in [0.15, 0.2) is 0 Å². The van der Waals surface area contributed by atoms with E-state index in [2.05, 4.69) is 18.7 Å². The quantitative estimate of drug-likeness (QED) is 0.679. The topological polar surface area (TPSA) is 3.24 Å². The van der Waals surface area contributed by atoms with Crippen molar-refractivity contribution in [2.75, 3.05) is 11.8 Å². The molecular formula is C11H27NS. The van der Waals surface area contributed by atoms with Crippen molar-refractivity contribution in [1.82, 2.24) is 4.90 Å². The van der Waals surface area contributed by atoms with E-state index in [1.54, 1.807) is 0 Å². The highest BCUT2D eigenvalue weighted by Gasteiger charge is 2.20. The molecule has 1 fully saturated rings. The molecule has 0 unspecified atom stereocenters. The predicted molar refractivity (Wildman–Crippen MR) is 66.2 cm³/mol. The third-order valence-electron chi connectivity index (χ3n) is 1.97. The molecule has 0 aliphatic carbocycles. The van der Waals surface area contributed by atoms with Gasteiger partial charge in [0.2, 0.25) is 0 Å². The molecule has 0 aromatic heterocycles. The second kappa shape index (κ2) is 12.3. The number of nitrogens with zero attached hydrogens (tertiary/aromatic N) is 1. The van der Waals surface area contributed by atoms with E-state index >= 15 is 0 Å². The molecule has 1 aliphatic heterocycles. The maximum absolute atomic E-state index is 2.55. The van der Waals surface area contributed by atoms with Crippen LogP contribution in [0.1, 0.15) is 54.4 Å². The molecule has 1 saturated heterocycles. The highest BCUT2D eigenvalue weighted by Crippen LogP contribution is 2.23. The van der Waals surface area contributed by atoms with Crippen molar-refractivity contribution in [3.8, 4) is 0 Å². The van der Waals surface area contributed by atoms with Crippen LogP contribution in [0, 0.1) is 0 Å². The Balaban J connectivity index is 0. The number of rotatable bonds is 3. The molecule has 0 bridgehead atoms. The molecule has 82 valence electrons. The number of hydrogen-bond acceptors (Lipinski definition) is 2. The molecule has 0 radical (unpaired) electrons. The van der Waals surface area contributed by atoms with Crippen LogP contribution in [0.4, 0.5) is 0 Å². The van der Waals surface area contributed by atoms with E-state index in [9.17, 15) is 0 Å². The molecule has 0 amide bonds. The van der Waals surface area contributed by atoms with Gasteiger partial charge in [0.25, 0.3) is 0 Å². The summed E-state index contributed by atoms with van der Waals surface area (Å²) >= 11 is 2.03. The van der Waals surface area contributed by atoms with Gasteiger partial charge in [-0.1, -0.05) is 41.5 Å². The molecule has 1 rings (SSSR count). The van der Waals surface area contributed by atoms with Crippen LogP contribution >= 0.6 is 11.8 Å². The summed E-state index contributed by atoms with van der Waals surface area (Å²) in [5, 5.41) is 0. The minimum Gasteiger partial charge on any atom is -0.282 e. The van der Waals surface area contributed by atoms with Gasteiger partial charge in [-0.3, -0.25) is 4.90 Å². The van der Waals surface area contributed by atoms with Crippen molar-refractivity contribution in [3.63, 3.8) is 0 Å². The lowest BCUT2D eigenvalue weighted by molar-refractivity contribution is 0.236. The minimum absolute atomic E-state index is 0.867. The van der Waals surface area contributed by atoms with Crippen molar-refractivity contribution < 1.29 is 0 Å². The summed E-state index contributed by atoms with van der Waals surface area (Å²) in [5.41, 5.74) is 0. The first-order valence-corrected chi connectivity index (χ1v) is 6.85. The molecule has 1 aliphatic rings. The Labute approximate surface area is 89.3 Å². The van der Waals surface area contributed by atoms with Gasteiger partial charge in [0.05, 0.1) is 0 Å². The summed E-state index contributed by atoms with van der Waals surface area (Å²) in [4.78, 5) is 2.55. The smallest absolute Gasteiger partial charge is 0.0468 e. The lowest BCUT2D eigenvalue weighted by Gasteiger charge is -2.36. The van der Waals surface area contributed by atoms with Gasteiger partial charge in [0.15, 0.2) is 0 Å². The van der Waals surface area contributed by atoms with Crippen molar-refractivity contribution in [1.29, 1.82) is 0 Å². The first kappa shape index (κ1) is 15.8. The highest BCUT2D eigenvalue weighted by atomic mass is 32.2. The Morgan fingerprint density at radius 3 is 1.46 bits per heavy atom. The molecule has 2 heteroatoms. The highest BCUT2D eigenvalue weighted by molar-refractivity contribution is 8.00. The lowest BCUT2D eigenvalue weighted by Crippen LogP contribution is -2.40. The fraction of sp³-hybridized carbons (Fsp3) is 1.00. The summed E-state index contributed by atoms with van der Waals surface area (Å²) in [5.74, 6) is 2.54. The van der Waals surface area contributed by atoms with Crippen molar-refractivity contribution in [2.45, 2.75) is 60.4 Å². The fourth-order valence-electron chi connectivity index (χ4n) is 1.21. The minimum atomic E-state index is 0.867. The molecular weight excluding hydrogens is 178 g/mol. The summed E-state index contributed by atoms with van der Waals surface area (Å²) in [6.45, 7) is 12.5. The molecule has 1 nitrogen and oxygen atoms in total. The number of hydrogen-bond donors (Lipinski definition) is 0. The van der Waals surface area contributed by atoms with Crippen LogP contribution in [0.3, 0.4) is 0 Å². The molecule has 0 aromatic rings. The van der Waals surface area contributed by atoms with Crippen LogP contribution in [-0.2, 0) is 0 Å². The van der Waals surface area contributed by atoms with Crippen LogP contribution in [0.5, 0.6) is 0 Å². The molecule has 0 N–H and O–H groups in total. The predicted octanol–water partition coefficient (Wildman–Crippen LogP) is 4.19. The van der Waals surface area contributed by atoms with E-state index in [4.69, 9.17) is 0 Å². The monoisotopic (exact) mass is 205 g/mol. The molecule has 0 spiro atoms. The zero-order chi connectivity index (χ0) is 10.7. The van der Waals surface area contributed by atoms with E-state index in [0.29, 0.717) is 0 Å². The first-order valence-electron chi connectivity index (χ1n) is 5.70. The Morgan fingerprint density at radius 2 is 1.38 bits per heavy atom. The third kappa shape index (κ3) is 6.39. The van der Waals surface area contributed by atoms with E-state index in [1.165, 1.54) is 24.6 Å². The van der Waals surface area contributed by atoms with Crippen molar-refractivity contribution in [3.05, 3.63) is 0 Å². The second-order valence-corrected chi connectivity index (χ2v) is 3.45. The van der Waals surface area contributed by atoms with Crippen molar-refractivity contribution in [2.24, 2.45) is 0 Å². The zero-order valence-corrected chi connectivity index (χ0v) is 11.1. The van der Waals surface area contributed by atoms with Crippen LogP contribution in [-0.4, -0.2) is 22.7 Å². The van der Waals surface area contributed by atoms with Gasteiger partial charge in [-0.05, 0) is 12.8 Å². The molecule has 1 heterocycles. The van der Waals surface area contributed by atoms with Crippen LogP contribution in [0.25, 0.3) is 0 Å². The molecule has 13 heavy (non-hydrogen) atoms. The molecule has 0 aromatic carbocycles. The Morgan fingerprint density at radius 1 is 1.00 bits per heavy atom. The Bertz CT molecular complexity index is 78.2. The summed E-state index contributed by atoms with van der Waals surface area (Å²) < 4.78 is 0. The Kier molecular flexibility index (Phi) is 14.9. The summed E-state index contributed by atoms with van der Waals surface area (Å²) in [6, 6.07) is 0.867. The van der Waals surface area contributed by atoms with Gasteiger partial charge >= 0.3 is 0 Å². The number of thioether (sulfide) groups is 1. The van der Waals surface area contributed by atoms with Crippen LogP contribution < -0.4 is 0 Å². The molecule has 0 atom stereocenters. The van der Waals surface area contributed by atoms with Gasteiger partial charge in [0, 0.05) is 17.8 Å². The zero-order valence-electron chi connectivity index (χ0n) is 10.3. The van der Waals surface area contributed by atoms with E-state index in [-0.39, 0.29) is 0 Å². The van der Waals surface area contributed by atoms with Gasteiger partial charge in [-0.25, -0.2) is 0 Å². The largest absolute Gasteiger partial charge is 0.282 e. The van der Waals surface area contributed by atoms with Crippen LogP contribution in [0.2, 0.25) is 0 Å². The second-order valence-electron chi connectivity index (χ2n) is 2.52. The Hall–Kier alpha value is 0.310. The normalized spacial score (nSPS) is 15.0. The average Bonchev–Trinajstić information content (AvgIpc) is 2.17. The van der Waals surface area contributed by atoms with Gasteiger partial charge in [0.1, 0.15) is 0 Å². The summed E-state index contributed by atoms with van der Waals surface area (Å²) in [7, 11) is 0. The maximum Gasteiger partial charge on any atom is 0.0468 e. The van der Waals surface area contributed by atoms with Gasteiger partial charge < -0.3 is 0 Å². The average molecular weight is 205 g/mol. The van der Waals surface area contributed by atoms with Crippen molar-refractivity contribution >= 4 is 11.8 Å². The van der Waals surface area contributed by atoms with Gasteiger partial charge in [-0.15, -0.1) is 11.8 Å². The fourth-order valence-corrected chi connectivity index (χ4v) is 2.03. The van der Waals surface area contributed by atoms with E-state index in [0.717, 1.165) is 6.04 Å². The lowest BCUT2D eigenvalue weighted by atomic mass is 10.1. The van der Waals surface area contributed by atoms with E-state index < -0.39 is 0 Å². The maximum atomic E-state index is 2.55. The first-order chi connectivity index (χ1) is 6.38. The van der Waals surface area contributed by atoms with E-state index in [1.807, 2.05) is 39.5 Å². The third-order valence-corrected chi connectivity index (χ3v) is 3.00. The molecule has 0 saturated carbocycles. The SMILES string of the molecule is CC.CC.CCC(CC)N1CSC1. The standard InChI is InChI=1S/C7H15NS.2C2H6/c1-3-7(4-2)8-5-9-6-8;2*1-2/h7H,3-6H2,1-2H3;2*1-2H3. The summed E-state index contributed by atoms with van der Waals surface area (Å²) in [6.07, 6.45) is 2.63.